The Bertz CT molecular complexity index is 777. The van der Waals surface area contributed by atoms with Crippen molar-refractivity contribution in [2.75, 3.05) is 32.8 Å². The number of esters is 1. The Morgan fingerprint density at radius 2 is 1.16 bits per heavy atom. The molecule has 9 nitrogen and oxygen atoms in total. The number of carbonyl (C=O) groups excluding carboxylic acids is 4. The number of piperidine rings is 2. The Balaban J connectivity index is 0.000000711. The first-order chi connectivity index (χ1) is 16.9. The van der Waals surface area contributed by atoms with Crippen molar-refractivity contribution in [3.8, 4) is 0 Å². The molecule has 0 aromatic heterocycles. The van der Waals surface area contributed by atoms with Crippen LogP contribution in [0.15, 0.2) is 0 Å². The highest BCUT2D eigenvalue weighted by Crippen LogP contribution is 2.31. The number of aldehydes is 1. The molecule has 2 saturated heterocycles. The smallest absolute Gasteiger partial charge is 0.410 e. The number of hydrogen-bond donors (Lipinski definition) is 0. The zero-order chi connectivity index (χ0) is 28.5. The van der Waals surface area contributed by atoms with E-state index in [1.807, 2.05) is 0 Å². The number of carbonyl (C=O) groups is 4. The molecule has 2 amide bonds. The number of rotatable bonds is 5. The predicted molar refractivity (Wildman–Crippen MR) is 140 cm³/mol. The summed E-state index contributed by atoms with van der Waals surface area (Å²) >= 11 is 0. The molecule has 2 fully saturated rings. The Labute approximate surface area is 226 Å². The second kappa shape index (κ2) is 14.6. The second-order valence-corrected chi connectivity index (χ2v) is 11.6. The van der Waals surface area contributed by atoms with Gasteiger partial charge in [0.1, 0.15) is 28.8 Å². The summed E-state index contributed by atoms with van der Waals surface area (Å²) in [5.74, 6) is -0.527. The van der Waals surface area contributed by atoms with Gasteiger partial charge in [-0.15, -0.1) is 0 Å². The van der Waals surface area contributed by atoms with Gasteiger partial charge >= 0.3 is 18.2 Å². The van der Waals surface area contributed by atoms with Crippen LogP contribution < -0.4 is 0 Å². The summed E-state index contributed by atoms with van der Waals surface area (Å²) in [5, 5.41) is 0. The molecule has 0 radical (unpaired) electrons. The predicted octanol–water partition coefficient (Wildman–Crippen LogP) is 5.63. The molecule has 0 saturated carbocycles. The van der Waals surface area contributed by atoms with E-state index >= 15 is 0 Å². The minimum Gasteiger partial charge on any atom is -0.466 e. The van der Waals surface area contributed by atoms with Crippen molar-refractivity contribution < 1.29 is 42.2 Å². The molecule has 222 valence electrons. The normalized spacial score (nSPS) is 18.7. The van der Waals surface area contributed by atoms with Gasteiger partial charge < -0.3 is 28.8 Å². The molecule has 2 rings (SSSR count). The summed E-state index contributed by atoms with van der Waals surface area (Å²) in [6, 6.07) is 0. The number of hydrogen-bond acceptors (Lipinski definition) is 7. The molecule has 0 aromatic rings. The zero-order valence-electron chi connectivity index (χ0n) is 23.4. The molecule has 0 aromatic carbocycles. The largest absolute Gasteiger partial charge is 0.466 e. The minimum atomic E-state index is -1.58. The molecule has 0 bridgehead atoms. The van der Waals surface area contributed by atoms with Crippen molar-refractivity contribution in [1.82, 2.24) is 9.80 Å². The highest BCUT2D eigenvalue weighted by atomic mass is 19.1. The summed E-state index contributed by atoms with van der Waals surface area (Å²) in [4.78, 5) is 48.2. The SMILES string of the molecule is C.CC(C)(C)OC(=O)N1CCC(F)(CC=O)CC1.CCOC(=O)CC1(F)CCN(C(=O)OC(C)(C)C)CC1. The number of amides is 2. The lowest BCUT2D eigenvalue weighted by Gasteiger charge is -2.36. The summed E-state index contributed by atoms with van der Waals surface area (Å²) in [6.07, 6.45) is 0.0780. The van der Waals surface area contributed by atoms with Gasteiger partial charge in [0.05, 0.1) is 13.0 Å². The average molecular weight is 551 g/mol. The molecule has 11 heteroatoms. The lowest BCUT2D eigenvalue weighted by molar-refractivity contribution is -0.147. The fraction of sp³-hybridized carbons (Fsp3) is 0.852. The van der Waals surface area contributed by atoms with Crippen molar-refractivity contribution in [3.63, 3.8) is 0 Å². The first-order valence-electron chi connectivity index (χ1n) is 12.8. The fourth-order valence-corrected chi connectivity index (χ4v) is 3.83. The Hall–Kier alpha value is -2.46. The summed E-state index contributed by atoms with van der Waals surface area (Å²) in [5.41, 5.74) is -4.12. The molecule has 2 heterocycles. The Morgan fingerprint density at radius 1 is 0.789 bits per heavy atom. The van der Waals surface area contributed by atoms with E-state index in [0.717, 1.165) is 0 Å². The van der Waals surface area contributed by atoms with Gasteiger partial charge in [0.2, 0.25) is 0 Å². The molecule has 0 spiro atoms. The maximum Gasteiger partial charge on any atom is 0.410 e. The lowest BCUT2D eigenvalue weighted by Crippen LogP contribution is -2.47. The van der Waals surface area contributed by atoms with E-state index in [1.165, 1.54) is 9.80 Å². The zero-order valence-corrected chi connectivity index (χ0v) is 23.4. The lowest BCUT2D eigenvalue weighted by atomic mass is 9.90. The van der Waals surface area contributed by atoms with Crippen LogP contribution in [0.1, 0.15) is 94.4 Å². The monoisotopic (exact) mass is 550 g/mol. The van der Waals surface area contributed by atoms with E-state index in [-0.39, 0.29) is 65.6 Å². The van der Waals surface area contributed by atoms with Gasteiger partial charge in [0, 0.05) is 32.6 Å². The van der Waals surface area contributed by atoms with Crippen LogP contribution in [0.4, 0.5) is 18.4 Å². The summed E-state index contributed by atoms with van der Waals surface area (Å²) in [6.45, 7) is 13.8. The van der Waals surface area contributed by atoms with Crippen molar-refractivity contribution in [2.45, 2.75) is 117 Å². The van der Waals surface area contributed by atoms with Gasteiger partial charge in [-0.25, -0.2) is 18.4 Å². The molecule has 38 heavy (non-hydrogen) atoms. The first kappa shape index (κ1) is 35.5. The number of halogens is 2. The van der Waals surface area contributed by atoms with Gasteiger partial charge in [-0.1, -0.05) is 7.43 Å². The highest BCUT2D eigenvalue weighted by molar-refractivity contribution is 5.71. The van der Waals surface area contributed by atoms with Crippen LogP contribution in [0.5, 0.6) is 0 Å². The van der Waals surface area contributed by atoms with Crippen LogP contribution in [0.25, 0.3) is 0 Å². The van der Waals surface area contributed by atoms with Gasteiger partial charge in [-0.05, 0) is 74.1 Å². The van der Waals surface area contributed by atoms with Crippen LogP contribution in [-0.4, -0.2) is 89.6 Å². The number of alkyl halides is 2. The highest BCUT2D eigenvalue weighted by Gasteiger charge is 2.39. The molecule has 0 atom stereocenters. The van der Waals surface area contributed by atoms with Crippen LogP contribution >= 0.6 is 0 Å². The quantitative estimate of drug-likeness (QED) is 0.248. The minimum absolute atomic E-state index is 0. The third-order valence-electron chi connectivity index (χ3n) is 5.84. The van der Waals surface area contributed by atoms with E-state index < -0.39 is 40.7 Å². The van der Waals surface area contributed by atoms with E-state index in [9.17, 15) is 28.0 Å². The van der Waals surface area contributed by atoms with E-state index in [0.29, 0.717) is 19.4 Å². The van der Waals surface area contributed by atoms with Gasteiger partial charge in [-0.2, -0.15) is 0 Å². The molecule has 0 N–H and O–H groups in total. The summed E-state index contributed by atoms with van der Waals surface area (Å²) < 4.78 is 43.6. The van der Waals surface area contributed by atoms with Crippen molar-refractivity contribution in [1.29, 1.82) is 0 Å². The van der Waals surface area contributed by atoms with E-state index in [2.05, 4.69) is 0 Å². The van der Waals surface area contributed by atoms with E-state index in [4.69, 9.17) is 14.2 Å². The number of likely N-dealkylation sites (tertiary alicyclic amines) is 2. The molecule has 2 aliphatic heterocycles. The standard InChI is InChI=1S/C14H24FNO4.C12H20FNO3.CH4/c1-5-19-11(17)10-14(15)6-8-16(9-7-14)12(18)20-13(2,3)4;1-11(2,3)17-10(16)14-7-4-12(13,5-8-14)6-9-15;/h5-10H2,1-4H3;9H,4-8H2,1-3H3;1H4. The maximum absolute atomic E-state index is 14.4. The molecular weight excluding hydrogens is 502 g/mol. The molecule has 2 aliphatic rings. The Kier molecular flexibility index (Phi) is 13.7. The van der Waals surface area contributed by atoms with Gasteiger partial charge in [-0.3, -0.25) is 4.79 Å². The van der Waals surface area contributed by atoms with Crippen LogP contribution in [0.3, 0.4) is 0 Å². The van der Waals surface area contributed by atoms with Crippen LogP contribution in [0, 0.1) is 0 Å². The Morgan fingerprint density at radius 3 is 1.47 bits per heavy atom. The van der Waals surface area contributed by atoms with Gasteiger partial charge in [0.25, 0.3) is 0 Å². The molecule has 0 aliphatic carbocycles. The van der Waals surface area contributed by atoms with E-state index in [1.54, 1.807) is 48.5 Å². The second-order valence-electron chi connectivity index (χ2n) is 11.6. The molecular formula is C27H48F2N2O7. The maximum atomic E-state index is 14.4. The van der Waals surface area contributed by atoms with Gasteiger partial charge in [0.15, 0.2) is 0 Å². The molecule has 0 unspecified atom stereocenters. The van der Waals surface area contributed by atoms with Crippen molar-refractivity contribution in [2.24, 2.45) is 0 Å². The topological polar surface area (TPSA) is 102 Å². The summed E-state index contributed by atoms with van der Waals surface area (Å²) in [7, 11) is 0. The third-order valence-corrected chi connectivity index (χ3v) is 5.84. The van der Waals surface area contributed by atoms with Crippen LogP contribution in [0.2, 0.25) is 0 Å². The average Bonchev–Trinajstić information content (AvgIpc) is 2.72. The third kappa shape index (κ3) is 13.4. The fourth-order valence-electron chi connectivity index (χ4n) is 3.83. The van der Waals surface area contributed by atoms with Crippen molar-refractivity contribution in [3.05, 3.63) is 0 Å². The number of ether oxygens (including phenoxy) is 3. The first-order valence-corrected chi connectivity index (χ1v) is 12.8. The van der Waals surface area contributed by atoms with Crippen molar-refractivity contribution >= 4 is 24.4 Å². The number of nitrogens with zero attached hydrogens (tertiary/aromatic N) is 2. The van der Waals surface area contributed by atoms with Crippen LogP contribution in [-0.2, 0) is 23.8 Å².